The topological polar surface area (TPSA) is 106 Å². The van der Waals surface area contributed by atoms with Crippen LogP contribution in [-0.2, 0) is 9.59 Å². The fourth-order valence-corrected chi connectivity index (χ4v) is 2.83. The molecular weight excluding hydrogens is 338 g/mol. The number of hydrogen-bond donors (Lipinski definition) is 3. The van der Waals surface area contributed by atoms with Crippen LogP contribution < -0.4 is 25.4 Å². The molecule has 26 heavy (non-hydrogen) atoms. The summed E-state index contributed by atoms with van der Waals surface area (Å²) in [5, 5.41) is 7.94. The first-order chi connectivity index (χ1) is 12.6. The standard InChI is InChI=1S/C18H15N3O5/c22-16(19-10-5-6-14-15(7-10)26-9-25-14)8-13-18(24)20-12-4-2-1-3-11(12)17(23)21-13/h1-7,13H,8-9H2,(H,19,22)(H,20,24)(H,21,23)/t13-/m1/s1. The third kappa shape index (κ3) is 3.04. The molecule has 0 saturated heterocycles. The number of carbonyl (C=O) groups excluding carboxylic acids is 3. The van der Waals surface area contributed by atoms with E-state index in [9.17, 15) is 14.4 Å². The predicted octanol–water partition coefficient (Wildman–Crippen LogP) is 1.49. The molecule has 2 aliphatic rings. The van der Waals surface area contributed by atoms with E-state index in [0.29, 0.717) is 28.4 Å². The second-order valence-corrected chi connectivity index (χ2v) is 5.88. The minimum atomic E-state index is -0.969. The predicted molar refractivity (Wildman–Crippen MR) is 92.1 cm³/mol. The van der Waals surface area contributed by atoms with E-state index in [1.807, 2.05) is 0 Å². The second kappa shape index (κ2) is 6.40. The lowest BCUT2D eigenvalue weighted by molar-refractivity contribution is -0.122. The van der Waals surface area contributed by atoms with Crippen molar-refractivity contribution >= 4 is 29.1 Å². The molecule has 8 nitrogen and oxygen atoms in total. The third-order valence-corrected chi connectivity index (χ3v) is 4.10. The lowest BCUT2D eigenvalue weighted by Crippen LogP contribution is -2.43. The van der Waals surface area contributed by atoms with Crippen LogP contribution in [0.2, 0.25) is 0 Å². The average Bonchev–Trinajstić information content (AvgIpc) is 3.04. The van der Waals surface area contributed by atoms with Crippen LogP contribution in [0.25, 0.3) is 0 Å². The molecule has 1 atom stereocenters. The van der Waals surface area contributed by atoms with Crippen LogP contribution in [0, 0.1) is 0 Å². The molecule has 2 aromatic carbocycles. The number of benzene rings is 2. The van der Waals surface area contributed by atoms with E-state index in [1.165, 1.54) is 0 Å². The van der Waals surface area contributed by atoms with Gasteiger partial charge in [0.25, 0.3) is 5.91 Å². The number of nitrogens with one attached hydrogen (secondary N) is 3. The van der Waals surface area contributed by atoms with Gasteiger partial charge in [0, 0.05) is 11.8 Å². The number of rotatable bonds is 3. The third-order valence-electron chi connectivity index (χ3n) is 4.10. The minimum absolute atomic E-state index is 0.140. The normalized spacial score (nSPS) is 17.6. The van der Waals surface area contributed by atoms with Crippen molar-refractivity contribution in [1.29, 1.82) is 0 Å². The zero-order valence-electron chi connectivity index (χ0n) is 13.6. The van der Waals surface area contributed by atoms with Crippen molar-refractivity contribution < 1.29 is 23.9 Å². The van der Waals surface area contributed by atoms with Gasteiger partial charge in [-0.15, -0.1) is 0 Å². The summed E-state index contributed by atoms with van der Waals surface area (Å²) in [6.45, 7) is 0.140. The van der Waals surface area contributed by atoms with E-state index in [1.54, 1.807) is 42.5 Å². The van der Waals surface area contributed by atoms with E-state index in [4.69, 9.17) is 9.47 Å². The molecule has 0 spiro atoms. The molecule has 3 amide bonds. The van der Waals surface area contributed by atoms with Gasteiger partial charge in [-0.05, 0) is 24.3 Å². The molecule has 2 heterocycles. The Balaban J connectivity index is 1.44. The highest BCUT2D eigenvalue weighted by molar-refractivity contribution is 6.11. The van der Waals surface area contributed by atoms with Crippen molar-refractivity contribution in [3.63, 3.8) is 0 Å². The zero-order chi connectivity index (χ0) is 18.1. The summed E-state index contributed by atoms with van der Waals surface area (Å²) in [5.41, 5.74) is 1.30. The maximum absolute atomic E-state index is 12.3. The quantitative estimate of drug-likeness (QED) is 0.775. The van der Waals surface area contributed by atoms with Gasteiger partial charge in [0.05, 0.1) is 17.7 Å². The molecule has 0 bridgehead atoms. The highest BCUT2D eigenvalue weighted by atomic mass is 16.7. The Morgan fingerprint density at radius 1 is 1.12 bits per heavy atom. The summed E-state index contributed by atoms with van der Waals surface area (Å²) in [5.74, 6) is -0.103. The average molecular weight is 353 g/mol. The zero-order valence-corrected chi connectivity index (χ0v) is 13.6. The Labute approximate surface area is 148 Å². The summed E-state index contributed by atoms with van der Waals surface area (Å²) < 4.78 is 10.5. The van der Waals surface area contributed by atoms with Crippen LogP contribution >= 0.6 is 0 Å². The first kappa shape index (κ1) is 15.9. The van der Waals surface area contributed by atoms with Gasteiger partial charge in [-0.25, -0.2) is 0 Å². The Morgan fingerprint density at radius 2 is 1.92 bits per heavy atom. The molecular formula is C18H15N3O5. The largest absolute Gasteiger partial charge is 0.454 e. The smallest absolute Gasteiger partial charge is 0.254 e. The molecule has 0 aromatic heterocycles. The van der Waals surface area contributed by atoms with E-state index >= 15 is 0 Å². The van der Waals surface area contributed by atoms with Gasteiger partial charge in [-0.1, -0.05) is 12.1 Å². The van der Waals surface area contributed by atoms with E-state index in [-0.39, 0.29) is 13.2 Å². The van der Waals surface area contributed by atoms with Crippen molar-refractivity contribution in [2.24, 2.45) is 0 Å². The fraction of sp³-hybridized carbons (Fsp3) is 0.167. The van der Waals surface area contributed by atoms with Crippen LogP contribution in [0.1, 0.15) is 16.8 Å². The number of hydrogen-bond acceptors (Lipinski definition) is 5. The summed E-state index contributed by atoms with van der Waals surface area (Å²) >= 11 is 0. The molecule has 132 valence electrons. The second-order valence-electron chi connectivity index (χ2n) is 5.88. The van der Waals surface area contributed by atoms with Crippen molar-refractivity contribution in [2.75, 3.05) is 17.4 Å². The van der Waals surface area contributed by atoms with Crippen LogP contribution in [0.3, 0.4) is 0 Å². The molecule has 0 aliphatic carbocycles. The number of fused-ring (bicyclic) bond motifs is 2. The number of carbonyl (C=O) groups is 3. The highest BCUT2D eigenvalue weighted by Gasteiger charge is 2.29. The molecule has 4 rings (SSSR count). The molecule has 0 unspecified atom stereocenters. The van der Waals surface area contributed by atoms with Crippen LogP contribution in [0.4, 0.5) is 11.4 Å². The molecule has 2 aromatic rings. The first-order valence-electron chi connectivity index (χ1n) is 8.00. The lowest BCUT2D eigenvalue weighted by Gasteiger charge is -2.14. The van der Waals surface area contributed by atoms with Crippen molar-refractivity contribution in [1.82, 2.24) is 5.32 Å². The van der Waals surface area contributed by atoms with E-state index < -0.39 is 23.8 Å². The van der Waals surface area contributed by atoms with Crippen molar-refractivity contribution in [3.05, 3.63) is 48.0 Å². The van der Waals surface area contributed by atoms with Gasteiger partial charge in [-0.3, -0.25) is 14.4 Å². The van der Waals surface area contributed by atoms with Gasteiger partial charge in [0.15, 0.2) is 11.5 Å². The monoisotopic (exact) mass is 353 g/mol. The highest BCUT2D eigenvalue weighted by Crippen LogP contribution is 2.34. The van der Waals surface area contributed by atoms with Gasteiger partial charge < -0.3 is 25.4 Å². The fourth-order valence-electron chi connectivity index (χ4n) is 2.83. The molecule has 0 fully saturated rings. The van der Waals surface area contributed by atoms with Gasteiger partial charge >= 0.3 is 0 Å². The van der Waals surface area contributed by atoms with Crippen molar-refractivity contribution in [2.45, 2.75) is 12.5 Å². The molecule has 0 radical (unpaired) electrons. The minimum Gasteiger partial charge on any atom is -0.454 e. The molecule has 0 saturated carbocycles. The SMILES string of the molecule is O=C(C[C@H]1NC(=O)c2ccccc2NC1=O)Nc1ccc2c(c1)OCO2. The Morgan fingerprint density at radius 3 is 2.81 bits per heavy atom. The van der Waals surface area contributed by atoms with Gasteiger partial charge in [-0.2, -0.15) is 0 Å². The van der Waals surface area contributed by atoms with Gasteiger partial charge in [0.2, 0.25) is 18.6 Å². The number of anilines is 2. The Bertz CT molecular complexity index is 911. The van der Waals surface area contributed by atoms with Crippen LogP contribution in [0.5, 0.6) is 11.5 Å². The number of para-hydroxylation sites is 1. The van der Waals surface area contributed by atoms with E-state index in [0.717, 1.165) is 0 Å². The Kier molecular flexibility index (Phi) is 3.92. The van der Waals surface area contributed by atoms with Crippen molar-refractivity contribution in [3.8, 4) is 11.5 Å². The summed E-state index contributed by atoms with van der Waals surface area (Å²) in [6.07, 6.45) is -0.194. The maximum Gasteiger partial charge on any atom is 0.254 e. The first-order valence-corrected chi connectivity index (χ1v) is 8.00. The molecule has 2 aliphatic heterocycles. The van der Waals surface area contributed by atoms with Crippen LogP contribution in [0.15, 0.2) is 42.5 Å². The van der Waals surface area contributed by atoms with Gasteiger partial charge in [0.1, 0.15) is 6.04 Å². The summed E-state index contributed by atoms with van der Waals surface area (Å²) in [6, 6.07) is 10.7. The maximum atomic E-state index is 12.3. The van der Waals surface area contributed by atoms with E-state index in [2.05, 4.69) is 16.0 Å². The summed E-state index contributed by atoms with van der Waals surface area (Å²) in [7, 11) is 0. The summed E-state index contributed by atoms with van der Waals surface area (Å²) in [4.78, 5) is 36.9. The lowest BCUT2D eigenvalue weighted by atomic mass is 10.1. The number of amides is 3. The molecule has 3 N–H and O–H groups in total. The number of ether oxygens (including phenoxy) is 2. The van der Waals surface area contributed by atoms with Crippen LogP contribution in [-0.4, -0.2) is 30.6 Å². The Hall–Kier alpha value is -3.55. The molecule has 8 heteroatoms.